The number of nitrogens with one attached hydrogen (secondary N) is 2. The van der Waals surface area contributed by atoms with Crippen LogP contribution in [0.4, 0.5) is 5.69 Å². The van der Waals surface area contributed by atoms with Crippen LogP contribution in [-0.2, 0) is 0 Å². The van der Waals surface area contributed by atoms with Crippen LogP contribution in [0.25, 0.3) is 0 Å². The van der Waals surface area contributed by atoms with Crippen LogP contribution in [-0.4, -0.2) is 12.5 Å². The van der Waals surface area contributed by atoms with E-state index in [1.165, 1.54) is 11.1 Å². The van der Waals surface area contributed by atoms with E-state index in [0.717, 1.165) is 18.7 Å². The van der Waals surface area contributed by atoms with Crippen LogP contribution in [0.3, 0.4) is 0 Å². The van der Waals surface area contributed by atoms with E-state index in [9.17, 15) is 0 Å². The van der Waals surface area contributed by atoms with Crippen molar-refractivity contribution >= 4 is 11.6 Å². The van der Waals surface area contributed by atoms with Crippen molar-refractivity contribution < 1.29 is 0 Å². The number of aliphatic imine (C=N–C) groups is 1. The lowest BCUT2D eigenvalue weighted by Crippen LogP contribution is -2.36. The quantitative estimate of drug-likeness (QED) is 0.316. The Bertz CT molecular complexity index is 371. The van der Waals surface area contributed by atoms with Gasteiger partial charge in [-0.2, -0.15) is 0 Å². The minimum Gasteiger partial charge on any atom is -0.325 e. The third kappa shape index (κ3) is 3.24. The summed E-state index contributed by atoms with van der Waals surface area (Å²) in [6, 6.07) is 6.11. The first-order valence-corrected chi connectivity index (χ1v) is 5.53. The number of rotatable bonds is 3. The number of anilines is 1. The van der Waals surface area contributed by atoms with Crippen molar-refractivity contribution in [2.75, 3.05) is 11.9 Å². The second kappa shape index (κ2) is 6.12. The molecule has 0 aliphatic carbocycles. The van der Waals surface area contributed by atoms with Gasteiger partial charge in [-0.3, -0.25) is 10.4 Å². The molecule has 0 saturated carbocycles. The Balaban J connectivity index is 2.82. The molecule has 0 aliphatic rings. The molecule has 0 heterocycles. The van der Waals surface area contributed by atoms with Gasteiger partial charge < -0.3 is 5.32 Å². The van der Waals surface area contributed by atoms with Gasteiger partial charge >= 0.3 is 0 Å². The molecule has 4 heteroatoms. The van der Waals surface area contributed by atoms with Crippen molar-refractivity contribution in [3.05, 3.63) is 29.3 Å². The van der Waals surface area contributed by atoms with Crippen molar-refractivity contribution in [3.8, 4) is 0 Å². The lowest BCUT2D eigenvalue weighted by Gasteiger charge is -2.12. The molecule has 1 rings (SSSR count). The van der Waals surface area contributed by atoms with E-state index in [1.807, 2.05) is 12.1 Å². The van der Waals surface area contributed by atoms with Gasteiger partial charge in [0.15, 0.2) is 0 Å². The van der Waals surface area contributed by atoms with Crippen molar-refractivity contribution in [2.45, 2.75) is 27.2 Å². The highest BCUT2D eigenvalue weighted by Crippen LogP contribution is 2.17. The zero-order chi connectivity index (χ0) is 12.0. The molecule has 0 fully saturated rings. The van der Waals surface area contributed by atoms with Crippen molar-refractivity contribution in [2.24, 2.45) is 10.8 Å². The number of nitrogens with two attached hydrogens (primary N) is 1. The normalized spacial score (nSPS) is 11.4. The Morgan fingerprint density at radius 3 is 2.75 bits per heavy atom. The van der Waals surface area contributed by atoms with Crippen LogP contribution in [0.1, 0.15) is 24.5 Å². The molecule has 0 amide bonds. The number of hydrogen-bond donors (Lipinski definition) is 3. The molecule has 0 saturated heterocycles. The summed E-state index contributed by atoms with van der Waals surface area (Å²) in [5, 5.41) is 3.19. The van der Waals surface area contributed by atoms with Gasteiger partial charge in [-0.1, -0.05) is 19.1 Å². The van der Waals surface area contributed by atoms with Gasteiger partial charge in [0, 0.05) is 12.2 Å². The average Bonchev–Trinajstić information content (AvgIpc) is 2.30. The highest BCUT2D eigenvalue weighted by molar-refractivity contribution is 5.94. The fraction of sp³-hybridized carbons (Fsp3) is 0.417. The van der Waals surface area contributed by atoms with E-state index in [1.54, 1.807) is 0 Å². The number of guanidine groups is 1. The molecule has 1 aromatic rings. The van der Waals surface area contributed by atoms with Crippen LogP contribution in [0, 0.1) is 13.8 Å². The Hall–Kier alpha value is -1.55. The van der Waals surface area contributed by atoms with Crippen molar-refractivity contribution in [3.63, 3.8) is 0 Å². The van der Waals surface area contributed by atoms with E-state index in [-0.39, 0.29) is 0 Å². The molecule has 16 heavy (non-hydrogen) atoms. The van der Waals surface area contributed by atoms with Crippen LogP contribution in [0.15, 0.2) is 23.2 Å². The summed E-state index contributed by atoms with van der Waals surface area (Å²) in [6.45, 7) is 7.00. The number of aryl methyl sites for hydroxylation is 1. The monoisotopic (exact) mass is 220 g/mol. The molecule has 0 aliphatic heterocycles. The third-order valence-electron chi connectivity index (χ3n) is 2.49. The number of hydrazine groups is 1. The van der Waals surface area contributed by atoms with Gasteiger partial charge in [0.2, 0.25) is 5.96 Å². The van der Waals surface area contributed by atoms with E-state index >= 15 is 0 Å². The summed E-state index contributed by atoms with van der Waals surface area (Å²) in [4.78, 5) is 4.30. The molecular formula is C12H20N4. The van der Waals surface area contributed by atoms with E-state index in [2.05, 4.69) is 42.6 Å². The fourth-order valence-corrected chi connectivity index (χ4v) is 1.36. The summed E-state index contributed by atoms with van der Waals surface area (Å²) < 4.78 is 0. The number of nitrogens with zero attached hydrogens (tertiary/aromatic N) is 1. The van der Waals surface area contributed by atoms with Gasteiger partial charge in [0.05, 0.1) is 0 Å². The van der Waals surface area contributed by atoms with E-state index in [4.69, 9.17) is 5.84 Å². The van der Waals surface area contributed by atoms with Gasteiger partial charge in [-0.15, -0.1) is 0 Å². The molecule has 0 unspecified atom stereocenters. The first kappa shape index (κ1) is 12.5. The maximum Gasteiger partial charge on any atom is 0.210 e. The Kier molecular flexibility index (Phi) is 4.79. The minimum atomic E-state index is 0.607. The summed E-state index contributed by atoms with van der Waals surface area (Å²) in [5.74, 6) is 6.01. The fourth-order valence-electron chi connectivity index (χ4n) is 1.36. The second-order valence-corrected chi connectivity index (χ2v) is 3.75. The van der Waals surface area contributed by atoms with E-state index < -0.39 is 0 Å². The molecule has 88 valence electrons. The molecule has 4 nitrogen and oxygen atoms in total. The molecule has 4 N–H and O–H groups in total. The molecule has 1 aromatic carbocycles. The molecule has 0 aromatic heterocycles. The lowest BCUT2D eigenvalue weighted by atomic mass is 10.1. The maximum absolute atomic E-state index is 5.41. The zero-order valence-electron chi connectivity index (χ0n) is 10.2. The summed E-state index contributed by atoms with van der Waals surface area (Å²) in [7, 11) is 0. The predicted molar refractivity (Wildman–Crippen MR) is 69.5 cm³/mol. The third-order valence-corrected chi connectivity index (χ3v) is 2.49. The maximum atomic E-state index is 5.41. The predicted octanol–water partition coefficient (Wildman–Crippen LogP) is 1.94. The van der Waals surface area contributed by atoms with Gasteiger partial charge in [-0.25, -0.2) is 5.84 Å². The topological polar surface area (TPSA) is 62.4 Å². The van der Waals surface area contributed by atoms with Crippen LogP contribution < -0.4 is 16.6 Å². The molecule has 0 spiro atoms. The first-order chi connectivity index (χ1) is 7.69. The molecular weight excluding hydrogens is 200 g/mol. The Morgan fingerprint density at radius 2 is 2.12 bits per heavy atom. The van der Waals surface area contributed by atoms with Gasteiger partial charge in [0.1, 0.15) is 0 Å². The van der Waals surface area contributed by atoms with Crippen molar-refractivity contribution in [1.82, 2.24) is 5.43 Å². The molecule has 0 atom stereocenters. The highest BCUT2D eigenvalue weighted by Gasteiger charge is 2.02. The lowest BCUT2D eigenvalue weighted by molar-refractivity contribution is 0.905. The smallest absolute Gasteiger partial charge is 0.210 e. The van der Waals surface area contributed by atoms with Crippen molar-refractivity contribution in [1.29, 1.82) is 0 Å². The van der Waals surface area contributed by atoms with Gasteiger partial charge in [0.25, 0.3) is 0 Å². The molecule has 0 bridgehead atoms. The largest absolute Gasteiger partial charge is 0.325 e. The second-order valence-electron chi connectivity index (χ2n) is 3.75. The van der Waals surface area contributed by atoms with Crippen LogP contribution >= 0.6 is 0 Å². The number of benzene rings is 1. The summed E-state index contributed by atoms with van der Waals surface area (Å²) >= 11 is 0. The minimum absolute atomic E-state index is 0.607. The Morgan fingerprint density at radius 1 is 1.38 bits per heavy atom. The van der Waals surface area contributed by atoms with Gasteiger partial charge in [-0.05, 0) is 37.5 Å². The first-order valence-electron chi connectivity index (χ1n) is 5.53. The van der Waals surface area contributed by atoms with Crippen LogP contribution in [0.2, 0.25) is 0 Å². The highest BCUT2D eigenvalue weighted by atomic mass is 15.3. The average molecular weight is 220 g/mol. The van der Waals surface area contributed by atoms with E-state index in [0.29, 0.717) is 5.96 Å². The number of hydrogen-bond acceptors (Lipinski definition) is 2. The molecule has 0 radical (unpaired) electrons. The van der Waals surface area contributed by atoms with Crippen LogP contribution in [0.5, 0.6) is 0 Å². The Labute approximate surface area is 96.9 Å². The summed E-state index contributed by atoms with van der Waals surface area (Å²) in [5.41, 5.74) is 6.06. The SMILES string of the molecule is CCCN=C(NN)Nc1cccc(C)c1C. The zero-order valence-corrected chi connectivity index (χ0v) is 10.2. The standard InChI is InChI=1S/C12H20N4/c1-4-8-14-12(16-13)15-11-7-5-6-9(2)10(11)3/h5-7H,4,8,13H2,1-3H3,(H2,14,15,16). The summed E-state index contributed by atoms with van der Waals surface area (Å²) in [6.07, 6.45) is 1.000.